The van der Waals surface area contributed by atoms with Gasteiger partial charge in [-0.2, -0.15) is 4.98 Å². The van der Waals surface area contributed by atoms with Crippen LogP contribution in [-0.2, 0) is 0 Å². The summed E-state index contributed by atoms with van der Waals surface area (Å²) >= 11 is 6.32. The normalized spacial score (nSPS) is 12.1. The summed E-state index contributed by atoms with van der Waals surface area (Å²) in [5, 5.41) is 13.3. The molecule has 0 spiro atoms. The monoisotopic (exact) mass is 431 g/mol. The number of H-pyrrole nitrogens is 1. The molecule has 0 fully saturated rings. The van der Waals surface area contributed by atoms with Crippen molar-refractivity contribution < 1.29 is 14.6 Å². The largest absolute Gasteiger partial charge is 0.489 e. The molecule has 0 aliphatic rings. The Morgan fingerprint density at radius 3 is 2.70 bits per heavy atom. The zero-order valence-corrected chi connectivity index (χ0v) is 17.7. The standard InChI is InChI=1S/C20H22ClN5O4/c1-10(2)30-16-9-15-12(8-14(16)21)7-13(18(27)24-15)11(3)23-19-22-6-5-17(25-19)26(4)20(28)29/h5-11H,1-4H3,(H,24,27)(H,28,29)(H,22,23,25)/t11-/m0/s1. The molecule has 0 saturated heterocycles. The van der Waals surface area contributed by atoms with Crippen molar-refractivity contribution in [2.24, 2.45) is 0 Å². The number of nitrogens with one attached hydrogen (secondary N) is 2. The molecule has 2 heterocycles. The summed E-state index contributed by atoms with van der Waals surface area (Å²) in [5.74, 6) is 0.914. The van der Waals surface area contributed by atoms with E-state index in [1.165, 1.54) is 19.3 Å². The summed E-state index contributed by atoms with van der Waals surface area (Å²) in [7, 11) is 1.38. The SMILES string of the molecule is CC(C)Oc1cc2[nH]c(=O)c([C@H](C)Nc3nccc(N(C)C(=O)O)n3)cc2cc1Cl. The number of nitrogens with zero attached hydrogens (tertiary/aromatic N) is 3. The van der Waals surface area contributed by atoms with E-state index in [-0.39, 0.29) is 23.4 Å². The first-order valence-electron chi connectivity index (χ1n) is 9.25. The Bertz CT molecular complexity index is 1150. The number of hydrogen-bond acceptors (Lipinski definition) is 6. The molecule has 0 aliphatic heterocycles. The predicted molar refractivity (Wildman–Crippen MR) is 116 cm³/mol. The van der Waals surface area contributed by atoms with E-state index in [2.05, 4.69) is 20.3 Å². The lowest BCUT2D eigenvalue weighted by molar-refractivity contribution is 0.203. The fraction of sp³-hybridized carbons (Fsp3) is 0.300. The van der Waals surface area contributed by atoms with Crippen LogP contribution < -0.4 is 20.5 Å². The van der Waals surface area contributed by atoms with E-state index in [1.807, 2.05) is 13.8 Å². The van der Waals surface area contributed by atoms with E-state index in [4.69, 9.17) is 21.4 Å². The molecule has 3 N–H and O–H groups in total. The highest BCUT2D eigenvalue weighted by Gasteiger charge is 2.16. The van der Waals surface area contributed by atoms with E-state index in [1.54, 1.807) is 25.1 Å². The van der Waals surface area contributed by atoms with E-state index < -0.39 is 12.1 Å². The number of hydrogen-bond donors (Lipinski definition) is 3. The zero-order valence-electron chi connectivity index (χ0n) is 16.9. The second-order valence-electron chi connectivity index (χ2n) is 7.04. The summed E-state index contributed by atoms with van der Waals surface area (Å²) < 4.78 is 5.67. The van der Waals surface area contributed by atoms with Crippen molar-refractivity contribution in [3.05, 3.63) is 51.4 Å². The number of fused-ring (bicyclic) bond motifs is 1. The summed E-state index contributed by atoms with van der Waals surface area (Å²) in [6.07, 6.45) is 0.250. The Morgan fingerprint density at radius 2 is 2.03 bits per heavy atom. The smallest absolute Gasteiger partial charge is 0.412 e. The molecular formula is C20H22ClN5O4. The number of rotatable bonds is 6. The van der Waals surface area contributed by atoms with Gasteiger partial charge in [0, 0.05) is 30.3 Å². The molecule has 9 nitrogen and oxygen atoms in total. The molecule has 1 aromatic carbocycles. The third-order valence-corrected chi connectivity index (χ3v) is 4.67. The van der Waals surface area contributed by atoms with Crippen LogP contribution in [0.3, 0.4) is 0 Å². The van der Waals surface area contributed by atoms with Gasteiger partial charge in [-0.1, -0.05) is 11.6 Å². The molecule has 2 aromatic heterocycles. The predicted octanol–water partition coefficient (Wildman–Crippen LogP) is 4.05. The molecule has 1 atom stereocenters. The molecule has 0 radical (unpaired) electrons. The number of halogens is 1. The van der Waals surface area contributed by atoms with Gasteiger partial charge in [0.15, 0.2) is 0 Å². The fourth-order valence-corrected chi connectivity index (χ4v) is 3.08. The average molecular weight is 432 g/mol. The van der Waals surface area contributed by atoms with Crippen LogP contribution in [0.1, 0.15) is 32.4 Å². The lowest BCUT2D eigenvalue weighted by Crippen LogP contribution is -2.25. The number of carboxylic acid groups (broad SMARTS) is 1. The summed E-state index contributed by atoms with van der Waals surface area (Å²) in [6, 6.07) is 6.21. The number of aromatic nitrogens is 3. The van der Waals surface area contributed by atoms with Gasteiger partial charge in [0.25, 0.3) is 5.56 Å². The first-order chi connectivity index (χ1) is 14.2. The Morgan fingerprint density at radius 1 is 1.30 bits per heavy atom. The number of benzene rings is 1. The minimum Gasteiger partial charge on any atom is -0.489 e. The van der Waals surface area contributed by atoms with Crippen LogP contribution in [0, 0.1) is 0 Å². The van der Waals surface area contributed by atoms with Crippen molar-refractivity contribution in [2.75, 3.05) is 17.3 Å². The number of pyridine rings is 1. The second kappa shape index (κ2) is 8.58. The third-order valence-electron chi connectivity index (χ3n) is 4.37. The molecule has 0 saturated carbocycles. The van der Waals surface area contributed by atoms with Crippen molar-refractivity contribution in [1.29, 1.82) is 0 Å². The highest BCUT2D eigenvalue weighted by molar-refractivity contribution is 6.32. The van der Waals surface area contributed by atoms with Crippen molar-refractivity contribution >= 4 is 40.4 Å². The zero-order chi connectivity index (χ0) is 22.0. The van der Waals surface area contributed by atoms with Crippen LogP contribution in [-0.4, -0.2) is 39.3 Å². The highest BCUT2D eigenvalue weighted by Crippen LogP contribution is 2.30. The molecule has 158 valence electrons. The van der Waals surface area contributed by atoms with Crippen LogP contribution in [0.25, 0.3) is 10.9 Å². The van der Waals surface area contributed by atoms with Gasteiger partial charge in [-0.25, -0.2) is 9.78 Å². The topological polar surface area (TPSA) is 120 Å². The number of carbonyl (C=O) groups is 1. The van der Waals surface area contributed by atoms with Gasteiger partial charge in [-0.05, 0) is 39.0 Å². The molecule has 30 heavy (non-hydrogen) atoms. The maximum absolute atomic E-state index is 12.7. The van der Waals surface area contributed by atoms with Crippen molar-refractivity contribution in [3.8, 4) is 5.75 Å². The van der Waals surface area contributed by atoms with Crippen molar-refractivity contribution in [2.45, 2.75) is 32.9 Å². The van der Waals surface area contributed by atoms with Crippen LogP contribution >= 0.6 is 11.6 Å². The molecule has 1 amide bonds. The molecular weight excluding hydrogens is 410 g/mol. The minimum absolute atomic E-state index is 0.0499. The lowest BCUT2D eigenvalue weighted by Gasteiger charge is -2.17. The molecule has 0 bridgehead atoms. The first-order valence-corrected chi connectivity index (χ1v) is 9.63. The highest BCUT2D eigenvalue weighted by atomic mass is 35.5. The molecule has 0 unspecified atom stereocenters. The summed E-state index contributed by atoms with van der Waals surface area (Å²) in [6.45, 7) is 5.57. The number of anilines is 2. The van der Waals surface area contributed by atoms with Crippen molar-refractivity contribution in [3.63, 3.8) is 0 Å². The number of amides is 1. The second-order valence-corrected chi connectivity index (χ2v) is 7.44. The fourth-order valence-electron chi connectivity index (χ4n) is 2.86. The Kier molecular flexibility index (Phi) is 6.12. The average Bonchev–Trinajstić information content (AvgIpc) is 2.67. The summed E-state index contributed by atoms with van der Waals surface area (Å²) in [4.78, 5) is 35.9. The Balaban J connectivity index is 1.91. The number of aromatic amines is 1. The van der Waals surface area contributed by atoms with Gasteiger partial charge in [0.1, 0.15) is 11.6 Å². The van der Waals surface area contributed by atoms with Gasteiger partial charge in [-0.3, -0.25) is 9.69 Å². The van der Waals surface area contributed by atoms with Gasteiger partial charge < -0.3 is 20.1 Å². The van der Waals surface area contributed by atoms with Crippen LogP contribution in [0.4, 0.5) is 16.6 Å². The van der Waals surface area contributed by atoms with Gasteiger partial charge in [-0.15, -0.1) is 0 Å². The first kappa shape index (κ1) is 21.4. The van der Waals surface area contributed by atoms with Gasteiger partial charge in [0.2, 0.25) is 5.95 Å². The third kappa shape index (κ3) is 4.62. The van der Waals surface area contributed by atoms with Gasteiger partial charge in [0.05, 0.1) is 22.7 Å². The van der Waals surface area contributed by atoms with Gasteiger partial charge >= 0.3 is 6.09 Å². The maximum atomic E-state index is 12.7. The van der Waals surface area contributed by atoms with E-state index >= 15 is 0 Å². The Labute approximate surface area is 177 Å². The number of ether oxygens (including phenoxy) is 1. The van der Waals surface area contributed by atoms with E-state index in [9.17, 15) is 9.59 Å². The molecule has 3 rings (SSSR count). The molecule has 0 aliphatic carbocycles. The molecule has 3 aromatic rings. The molecule has 10 heteroatoms. The lowest BCUT2D eigenvalue weighted by atomic mass is 10.1. The van der Waals surface area contributed by atoms with Crippen LogP contribution in [0.2, 0.25) is 5.02 Å². The van der Waals surface area contributed by atoms with E-state index in [0.29, 0.717) is 21.9 Å². The quantitative estimate of drug-likeness (QED) is 0.538. The Hall–Kier alpha value is -3.33. The minimum atomic E-state index is -1.14. The van der Waals surface area contributed by atoms with Crippen LogP contribution in [0.15, 0.2) is 35.3 Å². The van der Waals surface area contributed by atoms with E-state index in [0.717, 1.165) is 10.3 Å². The van der Waals surface area contributed by atoms with Crippen LogP contribution in [0.5, 0.6) is 5.75 Å². The van der Waals surface area contributed by atoms with Crippen molar-refractivity contribution in [1.82, 2.24) is 15.0 Å². The summed E-state index contributed by atoms with van der Waals surface area (Å²) in [5.41, 5.74) is 0.785. The maximum Gasteiger partial charge on any atom is 0.412 e.